The van der Waals surface area contributed by atoms with E-state index in [1.807, 2.05) is 6.07 Å². The largest absolute Gasteiger partial charge is 0.332 e. The minimum Gasteiger partial charge on any atom is -0.332 e. The van der Waals surface area contributed by atoms with Gasteiger partial charge in [-0.25, -0.2) is 4.39 Å². The summed E-state index contributed by atoms with van der Waals surface area (Å²) in [4.78, 5) is 8.51. The van der Waals surface area contributed by atoms with E-state index in [0.29, 0.717) is 30.4 Å². The molecule has 6 heteroatoms. The fourth-order valence-electron chi connectivity index (χ4n) is 1.89. The first-order chi connectivity index (χ1) is 10.2. The van der Waals surface area contributed by atoms with Gasteiger partial charge >= 0.3 is 0 Å². The van der Waals surface area contributed by atoms with Gasteiger partial charge in [-0.15, -0.1) is 0 Å². The third-order valence-corrected chi connectivity index (χ3v) is 3.02. The zero-order valence-corrected chi connectivity index (χ0v) is 11.2. The molecule has 1 aromatic carbocycles. The van der Waals surface area contributed by atoms with Crippen LogP contribution in [0.25, 0.3) is 11.6 Å². The van der Waals surface area contributed by atoms with E-state index < -0.39 is 0 Å². The molecule has 0 unspecified atom stereocenters. The summed E-state index contributed by atoms with van der Waals surface area (Å²) in [5.41, 5.74) is 7.97. The Balaban J connectivity index is 1.77. The van der Waals surface area contributed by atoms with Gasteiger partial charge in [0.1, 0.15) is 11.5 Å². The maximum absolute atomic E-state index is 12.8. The van der Waals surface area contributed by atoms with Crippen LogP contribution in [0.3, 0.4) is 0 Å². The normalized spacial score (nSPS) is 10.8. The van der Waals surface area contributed by atoms with Gasteiger partial charge < -0.3 is 10.3 Å². The number of benzene rings is 1. The number of aromatic nitrogens is 3. The van der Waals surface area contributed by atoms with Crippen LogP contribution in [0.4, 0.5) is 4.39 Å². The molecule has 0 spiro atoms. The molecule has 0 atom stereocenters. The highest BCUT2D eigenvalue weighted by atomic mass is 19.1. The second-order valence-corrected chi connectivity index (χ2v) is 4.57. The van der Waals surface area contributed by atoms with Crippen molar-refractivity contribution in [2.75, 3.05) is 0 Å². The number of hydrogen-bond donors (Lipinski definition) is 1. The molecule has 0 saturated heterocycles. The molecule has 0 fully saturated rings. The molecule has 2 heterocycles. The van der Waals surface area contributed by atoms with Gasteiger partial charge in [0.15, 0.2) is 5.82 Å². The van der Waals surface area contributed by atoms with E-state index in [-0.39, 0.29) is 5.82 Å². The second kappa shape index (κ2) is 5.80. The van der Waals surface area contributed by atoms with Gasteiger partial charge in [-0.3, -0.25) is 4.98 Å². The standard InChI is InChI=1S/C15H13FN4O/c16-12-4-1-10(2-5-12)7-14-19-15(21-20-14)13-6-3-11(8-17)9-18-13/h1-6,9H,7-8,17H2. The van der Waals surface area contributed by atoms with Gasteiger partial charge in [0.25, 0.3) is 5.89 Å². The van der Waals surface area contributed by atoms with Crippen LogP contribution in [-0.4, -0.2) is 15.1 Å². The van der Waals surface area contributed by atoms with Crippen LogP contribution in [0, 0.1) is 5.82 Å². The van der Waals surface area contributed by atoms with Crippen LogP contribution in [0.5, 0.6) is 0 Å². The van der Waals surface area contributed by atoms with E-state index in [0.717, 1.165) is 11.1 Å². The maximum Gasteiger partial charge on any atom is 0.276 e. The molecule has 3 aromatic rings. The van der Waals surface area contributed by atoms with Crippen molar-refractivity contribution in [3.63, 3.8) is 0 Å². The van der Waals surface area contributed by atoms with E-state index in [1.54, 1.807) is 24.4 Å². The summed E-state index contributed by atoms with van der Waals surface area (Å²) in [6.45, 7) is 0.437. The third kappa shape index (κ3) is 3.11. The number of nitrogens with two attached hydrogens (primary N) is 1. The lowest BCUT2D eigenvalue weighted by Gasteiger charge is -1.96. The van der Waals surface area contributed by atoms with Gasteiger partial charge in [0.2, 0.25) is 0 Å². The summed E-state index contributed by atoms with van der Waals surface area (Å²) in [5, 5.41) is 3.91. The highest BCUT2D eigenvalue weighted by Gasteiger charge is 2.10. The molecule has 0 aliphatic rings. The molecule has 0 aliphatic heterocycles. The number of rotatable bonds is 4. The van der Waals surface area contributed by atoms with Crippen molar-refractivity contribution in [3.05, 3.63) is 65.4 Å². The topological polar surface area (TPSA) is 77.8 Å². The first-order valence-electron chi connectivity index (χ1n) is 6.47. The van der Waals surface area contributed by atoms with Crippen LogP contribution >= 0.6 is 0 Å². The van der Waals surface area contributed by atoms with Crippen molar-refractivity contribution in [2.45, 2.75) is 13.0 Å². The van der Waals surface area contributed by atoms with Crippen molar-refractivity contribution in [1.29, 1.82) is 0 Å². The Bertz CT molecular complexity index is 722. The Hall–Kier alpha value is -2.60. The van der Waals surface area contributed by atoms with Crippen LogP contribution in [0.2, 0.25) is 0 Å². The fourth-order valence-corrected chi connectivity index (χ4v) is 1.89. The van der Waals surface area contributed by atoms with Crippen molar-refractivity contribution in [2.24, 2.45) is 5.73 Å². The van der Waals surface area contributed by atoms with Crippen LogP contribution < -0.4 is 5.73 Å². The molecular formula is C15H13FN4O. The molecule has 2 N–H and O–H groups in total. The Morgan fingerprint density at radius 3 is 2.48 bits per heavy atom. The average Bonchev–Trinajstić information content (AvgIpc) is 2.98. The van der Waals surface area contributed by atoms with Crippen molar-refractivity contribution >= 4 is 0 Å². The molecule has 106 valence electrons. The molecule has 0 aliphatic carbocycles. The second-order valence-electron chi connectivity index (χ2n) is 4.57. The lowest BCUT2D eigenvalue weighted by molar-refractivity contribution is 0.422. The molecular weight excluding hydrogens is 271 g/mol. The summed E-state index contributed by atoms with van der Waals surface area (Å²) >= 11 is 0. The molecule has 5 nitrogen and oxygen atoms in total. The smallest absolute Gasteiger partial charge is 0.276 e. The van der Waals surface area contributed by atoms with Crippen molar-refractivity contribution in [1.82, 2.24) is 15.1 Å². The van der Waals surface area contributed by atoms with Crippen LogP contribution in [0.1, 0.15) is 17.0 Å². The minimum atomic E-state index is -0.267. The predicted octanol–water partition coefficient (Wildman–Crippen LogP) is 2.32. The van der Waals surface area contributed by atoms with Gasteiger partial charge in [-0.1, -0.05) is 23.4 Å². The number of hydrogen-bond acceptors (Lipinski definition) is 5. The quantitative estimate of drug-likeness (QED) is 0.795. The molecule has 2 aromatic heterocycles. The van der Waals surface area contributed by atoms with E-state index in [2.05, 4.69) is 15.1 Å². The molecule has 0 saturated carbocycles. The Morgan fingerprint density at radius 1 is 1.05 bits per heavy atom. The first kappa shape index (κ1) is 13.4. The van der Waals surface area contributed by atoms with Crippen molar-refractivity contribution < 1.29 is 8.91 Å². The maximum atomic E-state index is 12.8. The summed E-state index contributed by atoms with van der Waals surface area (Å²) in [7, 11) is 0. The van der Waals surface area contributed by atoms with Crippen LogP contribution in [0.15, 0.2) is 47.1 Å². The van der Waals surface area contributed by atoms with Gasteiger partial charge in [0.05, 0.1) is 0 Å². The van der Waals surface area contributed by atoms with Gasteiger partial charge in [-0.2, -0.15) is 4.98 Å². The van der Waals surface area contributed by atoms with Crippen LogP contribution in [-0.2, 0) is 13.0 Å². The average molecular weight is 284 g/mol. The van der Waals surface area contributed by atoms with E-state index >= 15 is 0 Å². The summed E-state index contributed by atoms with van der Waals surface area (Å²) < 4.78 is 18.0. The zero-order valence-electron chi connectivity index (χ0n) is 11.2. The van der Waals surface area contributed by atoms with E-state index in [4.69, 9.17) is 10.3 Å². The predicted molar refractivity (Wildman–Crippen MR) is 74.6 cm³/mol. The highest BCUT2D eigenvalue weighted by Crippen LogP contribution is 2.16. The fraction of sp³-hybridized carbons (Fsp3) is 0.133. The monoisotopic (exact) mass is 284 g/mol. The molecule has 0 radical (unpaired) electrons. The SMILES string of the molecule is NCc1ccc(-c2nc(Cc3ccc(F)cc3)no2)nc1. The number of pyridine rings is 1. The van der Waals surface area contributed by atoms with E-state index in [9.17, 15) is 4.39 Å². The Labute approximate surface area is 120 Å². The number of nitrogens with zero attached hydrogens (tertiary/aromatic N) is 3. The minimum absolute atomic E-state index is 0.267. The lowest BCUT2D eigenvalue weighted by atomic mass is 10.1. The molecule has 0 amide bonds. The highest BCUT2D eigenvalue weighted by molar-refractivity contribution is 5.46. The first-order valence-corrected chi connectivity index (χ1v) is 6.47. The summed E-state index contributed by atoms with van der Waals surface area (Å²) in [6, 6.07) is 9.86. The number of halogens is 1. The molecule has 0 bridgehead atoms. The van der Waals surface area contributed by atoms with E-state index in [1.165, 1.54) is 12.1 Å². The molecule has 21 heavy (non-hydrogen) atoms. The third-order valence-electron chi connectivity index (χ3n) is 3.02. The zero-order chi connectivity index (χ0) is 14.7. The van der Waals surface area contributed by atoms with Crippen molar-refractivity contribution in [3.8, 4) is 11.6 Å². The van der Waals surface area contributed by atoms with Gasteiger partial charge in [-0.05, 0) is 29.3 Å². The summed E-state index contributed by atoms with van der Waals surface area (Å²) in [5.74, 6) is 0.619. The molecule has 3 rings (SSSR count). The van der Waals surface area contributed by atoms with Gasteiger partial charge in [0, 0.05) is 19.2 Å². The Kier molecular flexibility index (Phi) is 3.70. The summed E-state index contributed by atoms with van der Waals surface area (Å²) in [6.07, 6.45) is 2.16. The lowest BCUT2D eigenvalue weighted by Crippen LogP contribution is -1.97. The Morgan fingerprint density at radius 2 is 1.81 bits per heavy atom.